The Balaban J connectivity index is 1.98. The highest BCUT2D eigenvalue weighted by molar-refractivity contribution is 7.99. The fraction of sp³-hybridized carbons (Fsp3) is 0.333. The second kappa shape index (κ2) is 9.41. The second-order valence-corrected chi connectivity index (χ2v) is 9.13. The molecule has 0 N–H and O–H groups in total. The Bertz CT molecular complexity index is 1020. The highest BCUT2D eigenvalue weighted by Crippen LogP contribution is 2.24. The van der Waals surface area contributed by atoms with Crippen LogP contribution in [-0.4, -0.2) is 36.6 Å². The number of ether oxygens (including phenoxy) is 2. The molecule has 3 rings (SSSR count). The van der Waals surface area contributed by atoms with Crippen molar-refractivity contribution in [1.82, 2.24) is 4.57 Å². The number of aromatic nitrogens is 1. The van der Waals surface area contributed by atoms with E-state index in [9.17, 15) is 4.79 Å². The second-order valence-electron chi connectivity index (χ2n) is 6.47. The molecule has 148 valence electrons. The highest BCUT2D eigenvalue weighted by atomic mass is 32.2. The van der Waals surface area contributed by atoms with Gasteiger partial charge < -0.3 is 14.0 Å². The number of rotatable bonds is 7. The van der Waals surface area contributed by atoms with Crippen molar-refractivity contribution >= 4 is 39.2 Å². The zero-order valence-corrected chi connectivity index (χ0v) is 18.1. The lowest BCUT2D eigenvalue weighted by molar-refractivity contribution is 0.0997. The fourth-order valence-corrected chi connectivity index (χ4v) is 4.68. The van der Waals surface area contributed by atoms with Crippen molar-refractivity contribution < 1.29 is 14.3 Å². The van der Waals surface area contributed by atoms with Crippen LogP contribution < -0.4 is 9.54 Å². The van der Waals surface area contributed by atoms with Crippen molar-refractivity contribution in [1.29, 1.82) is 0 Å². The van der Waals surface area contributed by atoms with Gasteiger partial charge in [0.25, 0.3) is 5.91 Å². The molecule has 0 atom stereocenters. The molecular weight excluding hydrogens is 392 g/mol. The summed E-state index contributed by atoms with van der Waals surface area (Å²) in [5.74, 6) is 0.537. The lowest BCUT2D eigenvalue weighted by Gasteiger charge is -2.06. The summed E-state index contributed by atoms with van der Waals surface area (Å²) in [5.41, 5.74) is 1.60. The molecule has 0 fully saturated rings. The smallest absolute Gasteiger partial charge is 0.279 e. The minimum Gasteiger partial charge on any atom is -0.497 e. The first kappa shape index (κ1) is 20.6. The van der Waals surface area contributed by atoms with Gasteiger partial charge in [0.05, 0.1) is 23.9 Å². The van der Waals surface area contributed by atoms with Gasteiger partial charge in [0.2, 0.25) is 0 Å². The number of carbonyl (C=O) groups is 1. The van der Waals surface area contributed by atoms with Crippen LogP contribution in [0.25, 0.3) is 10.2 Å². The zero-order chi connectivity index (χ0) is 20.1. The molecule has 0 saturated carbocycles. The van der Waals surface area contributed by atoms with Crippen LogP contribution in [0.4, 0.5) is 0 Å². The number of thioether (sulfide) groups is 1. The first-order valence-electron chi connectivity index (χ1n) is 9.04. The van der Waals surface area contributed by atoms with E-state index >= 15 is 0 Å². The van der Waals surface area contributed by atoms with E-state index < -0.39 is 0 Å². The lowest BCUT2D eigenvalue weighted by Crippen LogP contribution is -2.19. The van der Waals surface area contributed by atoms with E-state index in [1.165, 1.54) is 11.3 Å². The Hall–Kier alpha value is -2.09. The largest absolute Gasteiger partial charge is 0.497 e. The molecule has 0 unspecified atom stereocenters. The molecule has 0 radical (unpaired) electrons. The van der Waals surface area contributed by atoms with Gasteiger partial charge in [-0.05, 0) is 42.5 Å². The third kappa shape index (κ3) is 4.84. The van der Waals surface area contributed by atoms with Crippen LogP contribution in [0.1, 0.15) is 24.2 Å². The zero-order valence-electron chi connectivity index (χ0n) is 16.5. The topological polar surface area (TPSA) is 52.8 Å². The average Bonchev–Trinajstić information content (AvgIpc) is 3.02. The van der Waals surface area contributed by atoms with Crippen LogP contribution in [0.5, 0.6) is 5.75 Å². The van der Waals surface area contributed by atoms with Crippen molar-refractivity contribution in [3.8, 4) is 5.75 Å². The van der Waals surface area contributed by atoms with Crippen LogP contribution >= 0.6 is 23.1 Å². The number of benzene rings is 2. The fourth-order valence-electron chi connectivity index (χ4n) is 2.76. The predicted octanol–water partition coefficient (Wildman–Crippen LogP) is 4.60. The standard InChI is InChI=1S/C21H24N2O3S2/c1-14(2)27-17-8-5-15(6-9-17)20(24)22-21-23(11-12-25-3)18-10-7-16(26-4)13-19(18)28-21/h5-10,13-14H,11-12H2,1-4H3. The van der Waals surface area contributed by atoms with Crippen LogP contribution in [0, 0.1) is 0 Å². The first-order chi connectivity index (χ1) is 13.5. The Morgan fingerprint density at radius 3 is 2.57 bits per heavy atom. The number of hydrogen-bond acceptors (Lipinski definition) is 5. The lowest BCUT2D eigenvalue weighted by atomic mass is 10.2. The minimum absolute atomic E-state index is 0.245. The van der Waals surface area contributed by atoms with E-state index in [0.29, 0.717) is 28.8 Å². The number of thiazole rings is 1. The molecular formula is C21H24N2O3S2. The Kier molecular flexibility index (Phi) is 6.93. The summed E-state index contributed by atoms with van der Waals surface area (Å²) in [5, 5.41) is 0.501. The van der Waals surface area contributed by atoms with Gasteiger partial charge in [-0.15, -0.1) is 11.8 Å². The summed E-state index contributed by atoms with van der Waals surface area (Å²) in [6, 6.07) is 13.5. The molecule has 1 amide bonds. The van der Waals surface area contributed by atoms with E-state index in [0.717, 1.165) is 20.9 Å². The molecule has 28 heavy (non-hydrogen) atoms. The monoisotopic (exact) mass is 416 g/mol. The molecule has 0 aliphatic carbocycles. The molecule has 0 saturated heterocycles. The number of nitrogens with zero attached hydrogens (tertiary/aromatic N) is 2. The molecule has 1 aromatic heterocycles. The molecule has 0 aliphatic heterocycles. The molecule has 3 aromatic rings. The molecule has 1 heterocycles. The summed E-state index contributed by atoms with van der Waals surface area (Å²) in [4.78, 5) is 18.9. The van der Waals surface area contributed by atoms with Gasteiger partial charge >= 0.3 is 0 Å². The van der Waals surface area contributed by atoms with Gasteiger partial charge in [-0.1, -0.05) is 25.2 Å². The third-order valence-corrected chi connectivity index (χ3v) is 6.14. The van der Waals surface area contributed by atoms with Crippen LogP contribution in [0.2, 0.25) is 0 Å². The van der Waals surface area contributed by atoms with Crippen molar-refractivity contribution in [2.45, 2.75) is 30.5 Å². The van der Waals surface area contributed by atoms with Crippen LogP contribution in [0.15, 0.2) is 52.4 Å². The van der Waals surface area contributed by atoms with Crippen LogP contribution in [0.3, 0.4) is 0 Å². The summed E-state index contributed by atoms with van der Waals surface area (Å²) in [6.45, 7) is 5.46. The Morgan fingerprint density at radius 1 is 1.18 bits per heavy atom. The van der Waals surface area contributed by atoms with Crippen molar-refractivity contribution in [3.63, 3.8) is 0 Å². The SMILES string of the molecule is COCCn1c(=NC(=O)c2ccc(SC(C)C)cc2)sc2cc(OC)ccc21. The van der Waals surface area contributed by atoms with Gasteiger partial charge in [0, 0.05) is 29.4 Å². The van der Waals surface area contributed by atoms with Gasteiger partial charge in [-0.2, -0.15) is 4.99 Å². The summed E-state index contributed by atoms with van der Waals surface area (Å²) in [7, 11) is 3.31. The van der Waals surface area contributed by atoms with E-state index in [2.05, 4.69) is 18.8 Å². The molecule has 2 aromatic carbocycles. The molecule has 0 bridgehead atoms. The van der Waals surface area contributed by atoms with E-state index in [4.69, 9.17) is 9.47 Å². The number of fused-ring (bicyclic) bond motifs is 1. The number of carbonyl (C=O) groups excluding carboxylic acids is 1. The van der Waals surface area contributed by atoms with Crippen molar-refractivity contribution in [2.24, 2.45) is 4.99 Å². The summed E-state index contributed by atoms with van der Waals surface area (Å²) >= 11 is 3.25. The number of amides is 1. The van der Waals surface area contributed by atoms with E-state index in [1.807, 2.05) is 47.0 Å². The first-order valence-corrected chi connectivity index (χ1v) is 10.7. The third-order valence-electron chi connectivity index (χ3n) is 4.08. The van der Waals surface area contributed by atoms with E-state index in [1.54, 1.807) is 26.0 Å². The van der Waals surface area contributed by atoms with Crippen LogP contribution in [-0.2, 0) is 11.3 Å². The number of hydrogen-bond donors (Lipinski definition) is 0. The quantitative estimate of drug-likeness (QED) is 0.528. The molecule has 7 heteroatoms. The molecule has 0 aliphatic rings. The Labute approximate surface area is 173 Å². The maximum atomic E-state index is 12.7. The predicted molar refractivity (Wildman–Crippen MR) is 116 cm³/mol. The maximum absolute atomic E-state index is 12.7. The molecule has 5 nitrogen and oxygen atoms in total. The van der Waals surface area contributed by atoms with Crippen molar-refractivity contribution in [3.05, 3.63) is 52.8 Å². The van der Waals surface area contributed by atoms with Gasteiger partial charge in [-0.3, -0.25) is 4.79 Å². The molecule has 0 spiro atoms. The van der Waals surface area contributed by atoms with Gasteiger partial charge in [0.1, 0.15) is 5.75 Å². The summed E-state index contributed by atoms with van der Waals surface area (Å²) < 4.78 is 13.6. The minimum atomic E-state index is -0.245. The van der Waals surface area contributed by atoms with Gasteiger partial charge in [0.15, 0.2) is 4.80 Å². The maximum Gasteiger partial charge on any atom is 0.279 e. The van der Waals surface area contributed by atoms with Gasteiger partial charge in [-0.25, -0.2) is 0 Å². The van der Waals surface area contributed by atoms with Crippen molar-refractivity contribution in [2.75, 3.05) is 20.8 Å². The summed E-state index contributed by atoms with van der Waals surface area (Å²) in [6.07, 6.45) is 0. The van der Waals surface area contributed by atoms with E-state index in [-0.39, 0.29) is 5.91 Å². The Morgan fingerprint density at radius 2 is 1.93 bits per heavy atom. The normalized spacial score (nSPS) is 12.1. The highest BCUT2D eigenvalue weighted by Gasteiger charge is 2.10. The average molecular weight is 417 g/mol. The number of methoxy groups -OCH3 is 2.